The third-order valence-electron chi connectivity index (χ3n) is 5.95. The van der Waals surface area contributed by atoms with Gasteiger partial charge in [-0.2, -0.15) is 13.2 Å². The lowest BCUT2D eigenvalue weighted by Crippen LogP contribution is -2.17. The highest BCUT2D eigenvalue weighted by molar-refractivity contribution is 7.71. The minimum absolute atomic E-state index is 0.171. The molecule has 5 nitrogen and oxygen atoms in total. The fourth-order valence-corrected chi connectivity index (χ4v) is 6.09. The Labute approximate surface area is 192 Å². The lowest BCUT2D eigenvalue weighted by Gasteiger charge is -2.21. The molecule has 0 atom stereocenters. The summed E-state index contributed by atoms with van der Waals surface area (Å²) in [5, 5.41) is 7.96. The predicted molar refractivity (Wildman–Crippen MR) is 130 cm³/mol. The zero-order valence-corrected chi connectivity index (χ0v) is 20.5. The summed E-state index contributed by atoms with van der Waals surface area (Å²) in [5.74, 6) is 1.05. The first-order chi connectivity index (χ1) is 15.5. The molecule has 9 heteroatoms. The molecule has 0 saturated carbocycles. The molecule has 0 saturated heterocycles. The molecule has 3 rings (SSSR count). The Morgan fingerprint density at radius 1 is 1.00 bits per heavy atom. The van der Waals surface area contributed by atoms with Gasteiger partial charge in [-0.25, -0.2) is 9.97 Å². The standard InChI is InChI=1S/C24H30F3N4OP/c1-6-28-21-13-20-18(12-22(21)33(32,7-2)8-3)23(31-16(5)30-20)29-14-17-10-9-11-19(15(17)4)24(25,26)27/h9-13,28H,6-8,14H2,1-5H3,(H,29,30,31). The van der Waals surface area contributed by atoms with Gasteiger partial charge < -0.3 is 15.2 Å². The van der Waals surface area contributed by atoms with E-state index in [-0.39, 0.29) is 12.1 Å². The van der Waals surface area contributed by atoms with Crippen LogP contribution in [-0.4, -0.2) is 28.8 Å². The van der Waals surface area contributed by atoms with Crippen LogP contribution in [0.25, 0.3) is 10.9 Å². The number of aryl methyl sites for hydroxylation is 1. The average molecular weight is 478 g/mol. The van der Waals surface area contributed by atoms with Gasteiger partial charge in [-0.1, -0.05) is 26.0 Å². The number of halogens is 3. The molecule has 0 spiro atoms. The van der Waals surface area contributed by atoms with Crippen LogP contribution in [0.1, 0.15) is 43.3 Å². The maximum absolute atomic E-state index is 13.6. The van der Waals surface area contributed by atoms with E-state index in [1.165, 1.54) is 13.0 Å². The highest BCUT2D eigenvalue weighted by atomic mass is 31.2. The van der Waals surface area contributed by atoms with Gasteiger partial charge in [0.2, 0.25) is 0 Å². The first-order valence-electron chi connectivity index (χ1n) is 11.1. The van der Waals surface area contributed by atoms with Crippen LogP contribution in [0.4, 0.5) is 24.7 Å². The number of fused-ring (bicyclic) bond motifs is 1. The summed E-state index contributed by atoms with van der Waals surface area (Å²) < 4.78 is 53.5. The normalized spacial score (nSPS) is 12.2. The Morgan fingerprint density at radius 2 is 1.70 bits per heavy atom. The van der Waals surface area contributed by atoms with Crippen LogP contribution in [0, 0.1) is 13.8 Å². The van der Waals surface area contributed by atoms with Crippen LogP contribution in [0.15, 0.2) is 30.3 Å². The van der Waals surface area contributed by atoms with Crippen LogP contribution in [-0.2, 0) is 17.3 Å². The van der Waals surface area contributed by atoms with Gasteiger partial charge in [0.25, 0.3) is 0 Å². The van der Waals surface area contributed by atoms with E-state index in [0.717, 1.165) is 17.1 Å². The van der Waals surface area contributed by atoms with E-state index in [2.05, 4.69) is 20.6 Å². The van der Waals surface area contributed by atoms with Crippen molar-refractivity contribution < 1.29 is 17.7 Å². The largest absolute Gasteiger partial charge is 0.416 e. The van der Waals surface area contributed by atoms with Gasteiger partial charge in [-0.15, -0.1) is 0 Å². The second-order valence-electron chi connectivity index (χ2n) is 8.00. The second-order valence-corrected chi connectivity index (χ2v) is 11.5. The van der Waals surface area contributed by atoms with E-state index in [9.17, 15) is 17.7 Å². The minimum Gasteiger partial charge on any atom is -0.385 e. The minimum atomic E-state index is -4.41. The third kappa shape index (κ3) is 5.16. The molecule has 0 radical (unpaired) electrons. The van der Waals surface area contributed by atoms with E-state index in [1.54, 1.807) is 13.0 Å². The molecule has 0 unspecified atom stereocenters. The summed E-state index contributed by atoms with van der Waals surface area (Å²) in [6.07, 6.45) is -3.34. The van der Waals surface area contributed by atoms with Gasteiger partial charge in [-0.05, 0) is 50.1 Å². The second kappa shape index (κ2) is 9.72. The molecule has 0 bridgehead atoms. The lowest BCUT2D eigenvalue weighted by atomic mass is 10.0. The third-order valence-corrected chi connectivity index (χ3v) is 9.24. The average Bonchev–Trinajstić information content (AvgIpc) is 2.76. The monoisotopic (exact) mass is 478 g/mol. The number of anilines is 2. The van der Waals surface area contributed by atoms with E-state index in [0.29, 0.717) is 47.0 Å². The molecular formula is C24H30F3N4OP. The van der Waals surface area contributed by atoms with Gasteiger partial charge in [0.1, 0.15) is 18.8 Å². The first kappa shape index (κ1) is 25.0. The molecule has 0 aliphatic carbocycles. The SMILES string of the molecule is CCNc1cc2nc(C)nc(NCc3cccc(C(F)(F)F)c3C)c2cc1P(=O)(CC)CC. The molecular weight excluding hydrogens is 448 g/mol. The summed E-state index contributed by atoms with van der Waals surface area (Å²) in [5.41, 5.74) is 1.56. The Bertz CT molecular complexity index is 1200. The van der Waals surface area contributed by atoms with Gasteiger partial charge in [0.05, 0.1) is 11.1 Å². The molecule has 178 valence electrons. The summed E-state index contributed by atoms with van der Waals surface area (Å²) in [6.45, 7) is 9.91. The van der Waals surface area contributed by atoms with Crippen molar-refractivity contribution in [2.24, 2.45) is 0 Å². The highest BCUT2D eigenvalue weighted by Crippen LogP contribution is 2.46. The Morgan fingerprint density at radius 3 is 2.30 bits per heavy atom. The van der Waals surface area contributed by atoms with Crippen molar-refractivity contribution in [3.05, 3.63) is 52.8 Å². The molecule has 3 aromatic rings. The summed E-state index contributed by atoms with van der Waals surface area (Å²) >= 11 is 0. The Balaban J connectivity index is 2.10. The Kier molecular flexibility index (Phi) is 7.37. The number of benzene rings is 2. The maximum atomic E-state index is 13.6. The topological polar surface area (TPSA) is 66.9 Å². The van der Waals surface area contributed by atoms with Gasteiger partial charge in [0.15, 0.2) is 0 Å². The summed E-state index contributed by atoms with van der Waals surface area (Å²) in [4.78, 5) is 9.06. The zero-order chi connectivity index (χ0) is 24.4. The molecule has 33 heavy (non-hydrogen) atoms. The van der Waals surface area contributed by atoms with E-state index >= 15 is 0 Å². The molecule has 1 heterocycles. The molecule has 0 fully saturated rings. The van der Waals surface area contributed by atoms with Crippen molar-refractivity contribution in [3.8, 4) is 0 Å². The molecule has 1 aromatic heterocycles. The number of nitrogens with zero attached hydrogens (tertiary/aromatic N) is 2. The molecule has 0 amide bonds. The molecule has 2 N–H and O–H groups in total. The van der Waals surface area contributed by atoms with Crippen molar-refractivity contribution in [3.63, 3.8) is 0 Å². The summed E-state index contributed by atoms with van der Waals surface area (Å²) in [7, 11) is -2.62. The van der Waals surface area contributed by atoms with Crippen LogP contribution in [0.3, 0.4) is 0 Å². The van der Waals surface area contributed by atoms with Gasteiger partial charge in [0, 0.05) is 41.8 Å². The van der Waals surface area contributed by atoms with E-state index in [1.807, 2.05) is 32.9 Å². The number of hydrogen-bond acceptors (Lipinski definition) is 5. The van der Waals surface area contributed by atoms with Crippen molar-refractivity contribution in [1.29, 1.82) is 0 Å². The van der Waals surface area contributed by atoms with E-state index in [4.69, 9.17) is 0 Å². The fourth-order valence-electron chi connectivity index (χ4n) is 4.01. The van der Waals surface area contributed by atoms with Crippen LogP contribution in [0.5, 0.6) is 0 Å². The van der Waals surface area contributed by atoms with Gasteiger partial charge >= 0.3 is 6.18 Å². The van der Waals surface area contributed by atoms with Gasteiger partial charge in [-0.3, -0.25) is 0 Å². The number of hydrogen-bond donors (Lipinski definition) is 2. The van der Waals surface area contributed by atoms with Crippen LogP contribution in [0.2, 0.25) is 0 Å². The zero-order valence-electron chi connectivity index (χ0n) is 19.6. The quantitative estimate of drug-likeness (QED) is 0.370. The fraction of sp³-hybridized carbons (Fsp3) is 0.417. The molecule has 2 aromatic carbocycles. The van der Waals surface area contributed by atoms with Crippen LogP contribution >= 0.6 is 7.14 Å². The molecule has 0 aliphatic rings. The van der Waals surface area contributed by atoms with Crippen LogP contribution < -0.4 is 15.9 Å². The van der Waals surface area contributed by atoms with Crippen molar-refractivity contribution >= 4 is 34.9 Å². The lowest BCUT2D eigenvalue weighted by molar-refractivity contribution is -0.138. The maximum Gasteiger partial charge on any atom is 0.416 e. The van der Waals surface area contributed by atoms with Crippen molar-refractivity contribution in [1.82, 2.24) is 9.97 Å². The predicted octanol–water partition coefficient (Wildman–Crippen LogP) is 6.34. The Hall–Kier alpha value is -2.60. The van der Waals surface area contributed by atoms with Crippen molar-refractivity contribution in [2.45, 2.75) is 47.3 Å². The van der Waals surface area contributed by atoms with E-state index < -0.39 is 18.9 Å². The number of rotatable bonds is 8. The smallest absolute Gasteiger partial charge is 0.385 e. The first-order valence-corrected chi connectivity index (χ1v) is 13.2. The highest BCUT2D eigenvalue weighted by Gasteiger charge is 2.32. The number of nitrogens with one attached hydrogen (secondary N) is 2. The number of aromatic nitrogens is 2. The number of alkyl halides is 3. The summed E-state index contributed by atoms with van der Waals surface area (Å²) in [6, 6.07) is 7.94. The van der Waals surface area contributed by atoms with Crippen molar-refractivity contribution in [2.75, 3.05) is 29.5 Å². The molecule has 0 aliphatic heterocycles.